The lowest BCUT2D eigenvalue weighted by Gasteiger charge is -2.27. The molecule has 1 aromatic rings. The second-order valence-electron chi connectivity index (χ2n) is 6.18. The SMILES string of the molecule is CC(C)NC(=O)CCCC(=O)NC(C)(C(=O)O)c1ccc(Cl)c(Cl)c1. The molecule has 0 aliphatic carbocycles. The third kappa shape index (κ3) is 6.21. The van der Waals surface area contributed by atoms with E-state index >= 15 is 0 Å². The standard InChI is InChI=1S/C17H22Cl2N2O4/c1-10(2)20-14(22)5-4-6-15(23)21-17(3,16(24)25)11-7-8-12(18)13(19)9-11/h7-10H,4-6H2,1-3H3,(H,20,22)(H,21,23)(H,24,25). The Morgan fingerprint density at radius 1 is 1.12 bits per heavy atom. The highest BCUT2D eigenvalue weighted by Gasteiger charge is 2.37. The molecule has 6 nitrogen and oxygen atoms in total. The van der Waals surface area contributed by atoms with Gasteiger partial charge >= 0.3 is 5.97 Å². The molecule has 2 amide bonds. The third-order valence-corrected chi connectivity index (χ3v) is 4.31. The number of halogens is 2. The monoisotopic (exact) mass is 388 g/mol. The van der Waals surface area contributed by atoms with E-state index in [0.717, 1.165) is 0 Å². The molecule has 8 heteroatoms. The van der Waals surface area contributed by atoms with E-state index in [1.807, 2.05) is 13.8 Å². The van der Waals surface area contributed by atoms with Gasteiger partial charge in [-0.3, -0.25) is 9.59 Å². The second kappa shape index (κ2) is 9.06. The molecule has 0 aromatic heterocycles. The molecule has 25 heavy (non-hydrogen) atoms. The van der Waals surface area contributed by atoms with E-state index in [-0.39, 0.29) is 29.8 Å². The lowest BCUT2D eigenvalue weighted by molar-refractivity contribution is -0.147. The molecule has 0 saturated carbocycles. The van der Waals surface area contributed by atoms with Crippen LogP contribution in [0.2, 0.25) is 10.0 Å². The minimum Gasteiger partial charge on any atom is -0.479 e. The van der Waals surface area contributed by atoms with Gasteiger partial charge in [0.2, 0.25) is 11.8 Å². The smallest absolute Gasteiger partial charge is 0.333 e. The number of benzene rings is 1. The zero-order chi connectivity index (χ0) is 19.2. The van der Waals surface area contributed by atoms with Crippen LogP contribution < -0.4 is 10.6 Å². The summed E-state index contributed by atoms with van der Waals surface area (Å²) in [4.78, 5) is 35.4. The van der Waals surface area contributed by atoms with Gasteiger partial charge in [-0.1, -0.05) is 29.3 Å². The molecule has 0 saturated heterocycles. The van der Waals surface area contributed by atoms with E-state index < -0.39 is 17.4 Å². The van der Waals surface area contributed by atoms with Gasteiger partial charge in [-0.25, -0.2) is 4.79 Å². The molecule has 0 aliphatic rings. The molecule has 1 unspecified atom stereocenters. The number of carbonyl (C=O) groups excluding carboxylic acids is 2. The van der Waals surface area contributed by atoms with Gasteiger partial charge in [-0.2, -0.15) is 0 Å². The molecule has 1 atom stereocenters. The maximum atomic E-state index is 12.1. The number of carboxylic acids is 1. The first kappa shape index (κ1) is 21.3. The van der Waals surface area contributed by atoms with Crippen molar-refractivity contribution in [2.45, 2.75) is 51.6 Å². The molecule has 0 spiro atoms. The van der Waals surface area contributed by atoms with Crippen molar-refractivity contribution in [1.29, 1.82) is 0 Å². The summed E-state index contributed by atoms with van der Waals surface area (Å²) < 4.78 is 0. The molecule has 0 heterocycles. The highest BCUT2D eigenvalue weighted by molar-refractivity contribution is 6.42. The van der Waals surface area contributed by atoms with E-state index in [4.69, 9.17) is 23.2 Å². The number of aliphatic carboxylic acids is 1. The van der Waals surface area contributed by atoms with Crippen LogP contribution in [0.3, 0.4) is 0 Å². The van der Waals surface area contributed by atoms with Crippen molar-refractivity contribution in [1.82, 2.24) is 10.6 Å². The molecule has 0 fully saturated rings. The van der Waals surface area contributed by atoms with Gasteiger partial charge in [0, 0.05) is 18.9 Å². The minimum absolute atomic E-state index is 0.0336. The summed E-state index contributed by atoms with van der Waals surface area (Å²) in [7, 11) is 0. The van der Waals surface area contributed by atoms with Crippen LogP contribution in [0.5, 0.6) is 0 Å². The normalized spacial score (nSPS) is 13.2. The van der Waals surface area contributed by atoms with Crippen LogP contribution >= 0.6 is 23.2 Å². The average molecular weight is 389 g/mol. The molecule has 138 valence electrons. The number of amides is 2. The fourth-order valence-electron chi connectivity index (χ4n) is 2.20. The van der Waals surface area contributed by atoms with Gasteiger partial charge in [0.15, 0.2) is 5.54 Å². The van der Waals surface area contributed by atoms with Crippen LogP contribution in [0.15, 0.2) is 18.2 Å². The Labute approximate surface area is 156 Å². The largest absolute Gasteiger partial charge is 0.479 e. The maximum Gasteiger partial charge on any atom is 0.333 e. The Kier molecular flexibility index (Phi) is 7.70. The average Bonchev–Trinajstić information content (AvgIpc) is 2.48. The molecular formula is C17H22Cl2N2O4. The van der Waals surface area contributed by atoms with E-state index in [1.165, 1.54) is 25.1 Å². The predicted octanol–water partition coefficient (Wildman–Crippen LogP) is 3.10. The maximum absolute atomic E-state index is 12.1. The van der Waals surface area contributed by atoms with Crippen molar-refractivity contribution < 1.29 is 19.5 Å². The van der Waals surface area contributed by atoms with E-state index in [9.17, 15) is 19.5 Å². The van der Waals surface area contributed by atoms with Gasteiger partial charge < -0.3 is 15.7 Å². The summed E-state index contributed by atoms with van der Waals surface area (Å²) in [5.74, 6) is -1.83. The first-order valence-corrected chi connectivity index (χ1v) is 8.61. The fourth-order valence-corrected chi connectivity index (χ4v) is 2.50. The fraction of sp³-hybridized carbons (Fsp3) is 0.471. The van der Waals surface area contributed by atoms with Crippen molar-refractivity contribution in [2.75, 3.05) is 0 Å². The van der Waals surface area contributed by atoms with Gasteiger partial charge in [0.05, 0.1) is 10.0 Å². The first-order valence-electron chi connectivity index (χ1n) is 7.85. The van der Waals surface area contributed by atoms with Crippen LogP contribution in [0, 0.1) is 0 Å². The minimum atomic E-state index is -1.65. The summed E-state index contributed by atoms with van der Waals surface area (Å²) >= 11 is 11.8. The quantitative estimate of drug-likeness (QED) is 0.637. The number of hydrogen-bond acceptors (Lipinski definition) is 3. The number of carboxylic acid groups (broad SMARTS) is 1. The van der Waals surface area contributed by atoms with Crippen molar-refractivity contribution in [2.24, 2.45) is 0 Å². The highest BCUT2D eigenvalue weighted by atomic mass is 35.5. The zero-order valence-electron chi connectivity index (χ0n) is 14.4. The number of carbonyl (C=O) groups is 3. The Hall–Kier alpha value is -1.79. The van der Waals surface area contributed by atoms with Crippen molar-refractivity contribution in [3.05, 3.63) is 33.8 Å². The van der Waals surface area contributed by atoms with E-state index in [0.29, 0.717) is 17.0 Å². The van der Waals surface area contributed by atoms with Gasteiger partial charge in [-0.05, 0) is 44.9 Å². The molecular weight excluding hydrogens is 367 g/mol. The summed E-state index contributed by atoms with van der Waals surface area (Å²) in [5.41, 5.74) is -1.34. The van der Waals surface area contributed by atoms with Crippen LogP contribution in [0.1, 0.15) is 45.6 Å². The molecule has 1 rings (SSSR count). The lowest BCUT2D eigenvalue weighted by atomic mass is 9.91. The number of hydrogen-bond donors (Lipinski definition) is 3. The van der Waals surface area contributed by atoms with Crippen LogP contribution in [0.4, 0.5) is 0 Å². The van der Waals surface area contributed by atoms with Gasteiger partial charge in [0.1, 0.15) is 0 Å². The summed E-state index contributed by atoms with van der Waals surface area (Å²) in [5, 5.41) is 15.3. The van der Waals surface area contributed by atoms with Crippen molar-refractivity contribution in [3.8, 4) is 0 Å². The summed E-state index contributed by atoms with van der Waals surface area (Å²) in [6.07, 6.45) is 0.555. The Balaban J connectivity index is 2.74. The van der Waals surface area contributed by atoms with Crippen LogP contribution in [0.25, 0.3) is 0 Å². The van der Waals surface area contributed by atoms with E-state index in [1.54, 1.807) is 0 Å². The molecule has 3 N–H and O–H groups in total. The molecule has 1 aromatic carbocycles. The van der Waals surface area contributed by atoms with Crippen LogP contribution in [-0.4, -0.2) is 28.9 Å². The van der Waals surface area contributed by atoms with Crippen molar-refractivity contribution >= 4 is 41.0 Å². The number of rotatable bonds is 8. The molecule has 0 radical (unpaired) electrons. The van der Waals surface area contributed by atoms with Crippen LogP contribution in [-0.2, 0) is 19.9 Å². The Morgan fingerprint density at radius 3 is 2.24 bits per heavy atom. The molecule has 0 aliphatic heterocycles. The second-order valence-corrected chi connectivity index (χ2v) is 7.00. The zero-order valence-corrected chi connectivity index (χ0v) is 15.9. The molecule has 0 bridgehead atoms. The summed E-state index contributed by atoms with van der Waals surface area (Å²) in [6, 6.07) is 4.42. The highest BCUT2D eigenvalue weighted by Crippen LogP contribution is 2.29. The third-order valence-electron chi connectivity index (χ3n) is 3.57. The Bertz CT molecular complexity index is 664. The van der Waals surface area contributed by atoms with Gasteiger partial charge in [-0.15, -0.1) is 0 Å². The van der Waals surface area contributed by atoms with E-state index in [2.05, 4.69) is 10.6 Å². The van der Waals surface area contributed by atoms with Crippen molar-refractivity contribution in [3.63, 3.8) is 0 Å². The topological polar surface area (TPSA) is 95.5 Å². The first-order chi connectivity index (χ1) is 11.6. The summed E-state index contributed by atoms with van der Waals surface area (Å²) in [6.45, 7) is 5.07. The Morgan fingerprint density at radius 2 is 1.72 bits per heavy atom. The number of nitrogens with one attached hydrogen (secondary N) is 2. The van der Waals surface area contributed by atoms with Gasteiger partial charge in [0.25, 0.3) is 0 Å². The lowest BCUT2D eigenvalue weighted by Crippen LogP contribution is -2.49. The predicted molar refractivity (Wildman–Crippen MR) is 96.7 cm³/mol.